The number of rotatable bonds is 4. The standard InChI is InChI=1S/C23H19ClN6O2/c1-14-3-8-18(11-15(14)2)25-21(31)13-30-23(32)28-9-10-29-20(22(28)27-30)12-19(26-29)16-4-6-17(24)7-5-16/h3-12H,13H2,1-2H3,(H,25,31). The van der Waals surface area contributed by atoms with Crippen LogP contribution in [0.15, 0.2) is 65.7 Å². The van der Waals surface area contributed by atoms with E-state index in [0.717, 1.165) is 27.1 Å². The number of nitrogens with one attached hydrogen (secondary N) is 1. The molecule has 9 heteroatoms. The number of amides is 1. The third kappa shape index (κ3) is 3.54. The smallest absolute Gasteiger partial charge is 0.324 e. The van der Waals surface area contributed by atoms with E-state index < -0.39 is 5.69 Å². The van der Waals surface area contributed by atoms with Crippen molar-refractivity contribution in [3.63, 3.8) is 0 Å². The number of hydrogen-bond donors (Lipinski definition) is 1. The number of benzene rings is 2. The molecule has 0 unspecified atom stereocenters. The third-order valence-electron chi connectivity index (χ3n) is 5.42. The first-order valence-corrected chi connectivity index (χ1v) is 10.4. The molecule has 0 aliphatic carbocycles. The summed E-state index contributed by atoms with van der Waals surface area (Å²) in [6.45, 7) is 3.79. The summed E-state index contributed by atoms with van der Waals surface area (Å²) in [4.78, 5) is 25.4. The molecule has 3 aromatic heterocycles. The number of fused-ring (bicyclic) bond motifs is 3. The zero-order valence-corrected chi connectivity index (χ0v) is 18.2. The molecule has 0 fully saturated rings. The minimum absolute atomic E-state index is 0.197. The summed E-state index contributed by atoms with van der Waals surface area (Å²) in [5.74, 6) is -0.329. The van der Waals surface area contributed by atoms with E-state index in [2.05, 4.69) is 15.5 Å². The summed E-state index contributed by atoms with van der Waals surface area (Å²) in [7, 11) is 0. The highest BCUT2D eigenvalue weighted by atomic mass is 35.5. The molecular formula is C23H19ClN6O2. The predicted molar refractivity (Wildman–Crippen MR) is 123 cm³/mol. The maximum absolute atomic E-state index is 12.8. The van der Waals surface area contributed by atoms with Gasteiger partial charge in [0.15, 0.2) is 5.65 Å². The molecule has 32 heavy (non-hydrogen) atoms. The van der Waals surface area contributed by atoms with Gasteiger partial charge in [0.2, 0.25) is 5.91 Å². The average Bonchev–Trinajstić information content (AvgIpc) is 3.33. The van der Waals surface area contributed by atoms with Gasteiger partial charge in [-0.2, -0.15) is 5.10 Å². The second kappa shape index (κ2) is 7.65. The molecule has 1 amide bonds. The molecule has 0 saturated carbocycles. The normalized spacial score (nSPS) is 11.3. The maximum atomic E-state index is 12.8. The van der Waals surface area contributed by atoms with Crippen LogP contribution in [-0.2, 0) is 11.3 Å². The van der Waals surface area contributed by atoms with Gasteiger partial charge in [-0.05, 0) is 55.3 Å². The Hall–Kier alpha value is -3.91. The Labute approximate surface area is 187 Å². The van der Waals surface area contributed by atoms with Crippen LogP contribution < -0.4 is 11.0 Å². The molecule has 0 spiro atoms. The topological polar surface area (TPSA) is 85.7 Å². The zero-order valence-electron chi connectivity index (χ0n) is 17.4. The van der Waals surface area contributed by atoms with Gasteiger partial charge in [0, 0.05) is 28.7 Å². The minimum Gasteiger partial charge on any atom is -0.324 e. The molecule has 0 aliphatic heterocycles. The summed E-state index contributed by atoms with van der Waals surface area (Å²) < 4.78 is 4.22. The Balaban J connectivity index is 1.47. The number of nitrogens with zero attached hydrogens (tertiary/aromatic N) is 5. The lowest BCUT2D eigenvalue weighted by molar-refractivity contribution is -0.117. The van der Waals surface area contributed by atoms with Crippen LogP contribution in [0.3, 0.4) is 0 Å². The van der Waals surface area contributed by atoms with Crippen LogP contribution in [-0.4, -0.2) is 29.7 Å². The second-order valence-corrected chi connectivity index (χ2v) is 8.08. The van der Waals surface area contributed by atoms with E-state index in [9.17, 15) is 9.59 Å². The van der Waals surface area contributed by atoms with E-state index in [4.69, 9.17) is 11.6 Å². The van der Waals surface area contributed by atoms with Crippen molar-refractivity contribution in [3.8, 4) is 11.3 Å². The zero-order chi connectivity index (χ0) is 22.4. The maximum Gasteiger partial charge on any atom is 0.350 e. The van der Waals surface area contributed by atoms with Crippen LogP contribution in [0.1, 0.15) is 11.1 Å². The highest BCUT2D eigenvalue weighted by Crippen LogP contribution is 2.23. The molecule has 0 saturated heterocycles. The Morgan fingerprint density at radius 2 is 1.78 bits per heavy atom. The van der Waals surface area contributed by atoms with Crippen LogP contribution >= 0.6 is 11.6 Å². The van der Waals surface area contributed by atoms with Crippen molar-refractivity contribution in [2.75, 3.05) is 5.32 Å². The lowest BCUT2D eigenvalue weighted by Crippen LogP contribution is -2.28. The summed E-state index contributed by atoms with van der Waals surface area (Å²) in [5, 5.41) is 12.4. The molecule has 5 rings (SSSR count). The average molecular weight is 447 g/mol. The van der Waals surface area contributed by atoms with Crippen molar-refractivity contribution in [1.82, 2.24) is 23.8 Å². The molecule has 0 aliphatic rings. The van der Waals surface area contributed by atoms with Crippen molar-refractivity contribution in [1.29, 1.82) is 0 Å². The first kappa shape index (κ1) is 20.0. The van der Waals surface area contributed by atoms with Crippen molar-refractivity contribution in [2.24, 2.45) is 0 Å². The van der Waals surface area contributed by atoms with Gasteiger partial charge >= 0.3 is 5.69 Å². The fraction of sp³-hybridized carbons (Fsp3) is 0.130. The summed E-state index contributed by atoms with van der Waals surface area (Å²) >= 11 is 5.97. The quantitative estimate of drug-likeness (QED) is 0.456. The van der Waals surface area contributed by atoms with E-state index >= 15 is 0 Å². The number of halogens is 1. The monoisotopic (exact) mass is 446 g/mol. The van der Waals surface area contributed by atoms with Crippen molar-refractivity contribution < 1.29 is 4.79 Å². The second-order valence-electron chi connectivity index (χ2n) is 7.65. The molecule has 160 valence electrons. The van der Waals surface area contributed by atoms with E-state index in [1.165, 1.54) is 4.40 Å². The first-order chi connectivity index (χ1) is 15.4. The Morgan fingerprint density at radius 1 is 1.00 bits per heavy atom. The van der Waals surface area contributed by atoms with E-state index in [0.29, 0.717) is 21.9 Å². The van der Waals surface area contributed by atoms with E-state index in [1.54, 1.807) is 29.0 Å². The Morgan fingerprint density at radius 3 is 2.53 bits per heavy atom. The number of carbonyl (C=O) groups excluding carboxylic acids is 1. The van der Waals surface area contributed by atoms with Gasteiger partial charge in [0.1, 0.15) is 12.1 Å². The molecule has 3 heterocycles. The van der Waals surface area contributed by atoms with E-state index in [-0.39, 0.29) is 12.5 Å². The van der Waals surface area contributed by atoms with Crippen molar-refractivity contribution in [2.45, 2.75) is 20.4 Å². The highest BCUT2D eigenvalue weighted by Gasteiger charge is 2.15. The van der Waals surface area contributed by atoms with Crippen LogP contribution in [0.5, 0.6) is 0 Å². The van der Waals surface area contributed by atoms with Crippen molar-refractivity contribution >= 4 is 34.4 Å². The Bertz CT molecular complexity index is 1550. The van der Waals surface area contributed by atoms with Gasteiger partial charge in [-0.3, -0.25) is 4.79 Å². The van der Waals surface area contributed by atoms with Crippen LogP contribution in [0.4, 0.5) is 5.69 Å². The third-order valence-corrected chi connectivity index (χ3v) is 5.67. The van der Waals surface area contributed by atoms with Gasteiger partial charge in [0.25, 0.3) is 0 Å². The number of hydrogen-bond acceptors (Lipinski definition) is 4. The van der Waals surface area contributed by atoms with E-state index in [1.807, 2.05) is 50.2 Å². The molecule has 1 N–H and O–H groups in total. The van der Waals surface area contributed by atoms with Crippen LogP contribution in [0.25, 0.3) is 22.4 Å². The first-order valence-electron chi connectivity index (χ1n) is 10.00. The van der Waals surface area contributed by atoms with Gasteiger partial charge in [-0.15, -0.1) is 5.10 Å². The number of anilines is 1. The minimum atomic E-state index is -0.396. The number of aryl methyl sites for hydroxylation is 2. The summed E-state index contributed by atoms with van der Waals surface area (Å²) in [5.41, 5.74) is 5.20. The van der Waals surface area contributed by atoms with Gasteiger partial charge in [0.05, 0.1) is 5.69 Å². The van der Waals surface area contributed by atoms with Crippen LogP contribution in [0.2, 0.25) is 5.02 Å². The molecule has 0 atom stereocenters. The Kier molecular flexibility index (Phi) is 4.79. The van der Waals surface area contributed by atoms with Gasteiger partial charge < -0.3 is 5.32 Å². The molecule has 2 aromatic carbocycles. The fourth-order valence-electron chi connectivity index (χ4n) is 3.55. The van der Waals surface area contributed by atoms with Gasteiger partial charge in [-0.1, -0.05) is 29.8 Å². The molecule has 5 aromatic rings. The summed E-state index contributed by atoms with van der Waals surface area (Å²) in [6.07, 6.45) is 3.28. The lowest BCUT2D eigenvalue weighted by Gasteiger charge is -2.07. The van der Waals surface area contributed by atoms with Crippen molar-refractivity contribution in [3.05, 3.63) is 87.6 Å². The van der Waals surface area contributed by atoms with Crippen LogP contribution in [0, 0.1) is 13.8 Å². The fourth-order valence-corrected chi connectivity index (χ4v) is 3.68. The molecular weight excluding hydrogens is 428 g/mol. The number of carbonyl (C=O) groups is 1. The predicted octanol–water partition coefficient (Wildman–Crippen LogP) is 3.72. The van der Waals surface area contributed by atoms with Gasteiger partial charge in [-0.25, -0.2) is 18.4 Å². The SMILES string of the molecule is Cc1ccc(NC(=O)Cn2nc3c4cc(-c5ccc(Cl)cc5)nn4ccn3c2=O)cc1C. The highest BCUT2D eigenvalue weighted by molar-refractivity contribution is 6.30. The number of aromatic nitrogens is 5. The molecule has 8 nitrogen and oxygen atoms in total. The molecule has 0 bridgehead atoms. The summed E-state index contributed by atoms with van der Waals surface area (Å²) in [6, 6.07) is 14.9. The largest absolute Gasteiger partial charge is 0.350 e. The molecule has 0 radical (unpaired) electrons. The lowest BCUT2D eigenvalue weighted by atomic mass is 10.1.